The molecule has 1 fully saturated rings. The van der Waals surface area contributed by atoms with Gasteiger partial charge in [0.2, 0.25) is 0 Å². The fourth-order valence-electron chi connectivity index (χ4n) is 3.54. The van der Waals surface area contributed by atoms with E-state index in [9.17, 15) is 9.59 Å². The summed E-state index contributed by atoms with van der Waals surface area (Å²) in [6.45, 7) is 0.304. The highest BCUT2D eigenvalue weighted by molar-refractivity contribution is 8.18. The molecule has 8 nitrogen and oxygen atoms in total. The van der Waals surface area contributed by atoms with Crippen LogP contribution in [0, 0.1) is 0 Å². The third-order valence-corrected chi connectivity index (χ3v) is 6.25. The van der Waals surface area contributed by atoms with Gasteiger partial charge in [0.15, 0.2) is 5.17 Å². The van der Waals surface area contributed by atoms with Crippen molar-refractivity contribution in [3.8, 4) is 11.5 Å². The Kier molecular flexibility index (Phi) is 8.72. The van der Waals surface area contributed by atoms with E-state index in [0.717, 1.165) is 46.7 Å². The van der Waals surface area contributed by atoms with Crippen LogP contribution in [-0.2, 0) is 27.4 Å². The first-order valence-electron chi connectivity index (χ1n) is 11.4. The maximum absolute atomic E-state index is 11.9. The molecule has 188 valence electrons. The third-order valence-electron chi connectivity index (χ3n) is 5.35. The lowest BCUT2D eigenvalue weighted by Gasteiger charge is -2.14. The molecule has 9 heteroatoms. The molecule has 0 saturated carbocycles. The summed E-state index contributed by atoms with van der Waals surface area (Å²) in [5.41, 5.74) is 3.93. The number of thioether (sulfide) groups is 1. The van der Waals surface area contributed by atoms with E-state index in [1.54, 1.807) is 13.3 Å². The molecule has 3 aromatic carbocycles. The number of hydrogen-bond donors (Lipinski definition) is 1. The number of carbonyl (C=O) groups excluding carboxylic acids is 2. The molecule has 1 heterocycles. The van der Waals surface area contributed by atoms with Crippen LogP contribution < -0.4 is 14.8 Å². The van der Waals surface area contributed by atoms with E-state index in [1.807, 2.05) is 54.6 Å². The van der Waals surface area contributed by atoms with Crippen LogP contribution in [0.25, 0.3) is 0 Å². The summed E-state index contributed by atoms with van der Waals surface area (Å²) in [6.07, 6.45) is 3.44. The van der Waals surface area contributed by atoms with Crippen molar-refractivity contribution in [3.63, 3.8) is 0 Å². The number of methoxy groups -OCH3 is 2. The summed E-state index contributed by atoms with van der Waals surface area (Å²) in [7, 11) is 2.86. The molecule has 37 heavy (non-hydrogen) atoms. The Bertz CT molecular complexity index is 1370. The molecule has 0 bridgehead atoms. The molecule has 0 aliphatic carbocycles. The summed E-state index contributed by atoms with van der Waals surface area (Å²) in [4.78, 5) is 23.5. The van der Waals surface area contributed by atoms with Crippen LogP contribution in [0.1, 0.15) is 22.3 Å². The number of nitrogens with zero attached hydrogens (tertiary/aromatic N) is 2. The van der Waals surface area contributed by atoms with Crippen LogP contribution >= 0.6 is 11.8 Å². The van der Waals surface area contributed by atoms with E-state index in [1.165, 1.54) is 12.7 Å². The Hall–Kier alpha value is -4.37. The van der Waals surface area contributed by atoms with E-state index in [-0.39, 0.29) is 10.1 Å². The molecule has 1 amide bonds. The van der Waals surface area contributed by atoms with Crippen LogP contribution in [0.4, 0.5) is 0 Å². The Labute approximate surface area is 219 Å². The molecule has 0 atom stereocenters. The van der Waals surface area contributed by atoms with E-state index < -0.39 is 11.9 Å². The summed E-state index contributed by atoms with van der Waals surface area (Å²) < 4.78 is 16.3. The van der Waals surface area contributed by atoms with Crippen molar-refractivity contribution < 1.29 is 23.8 Å². The van der Waals surface area contributed by atoms with Gasteiger partial charge in [-0.3, -0.25) is 10.1 Å². The second-order valence-corrected chi connectivity index (χ2v) is 8.90. The minimum Gasteiger partial charge on any atom is -0.496 e. The zero-order chi connectivity index (χ0) is 26.0. The van der Waals surface area contributed by atoms with Crippen molar-refractivity contribution in [3.05, 3.63) is 106 Å². The van der Waals surface area contributed by atoms with Crippen molar-refractivity contribution >= 4 is 35.0 Å². The van der Waals surface area contributed by atoms with E-state index in [0.29, 0.717) is 12.4 Å². The van der Waals surface area contributed by atoms with Crippen LogP contribution in [0.3, 0.4) is 0 Å². The maximum atomic E-state index is 11.9. The Morgan fingerprint density at radius 3 is 2.54 bits per heavy atom. The highest BCUT2D eigenvalue weighted by atomic mass is 32.2. The van der Waals surface area contributed by atoms with Crippen LogP contribution in [0.5, 0.6) is 11.5 Å². The average Bonchev–Trinajstić information content (AvgIpc) is 3.27. The maximum Gasteiger partial charge on any atom is 0.331 e. The lowest BCUT2D eigenvalue weighted by atomic mass is 10.0. The van der Waals surface area contributed by atoms with Crippen molar-refractivity contribution in [2.45, 2.75) is 13.0 Å². The second-order valence-electron chi connectivity index (χ2n) is 7.87. The Morgan fingerprint density at radius 2 is 1.76 bits per heavy atom. The van der Waals surface area contributed by atoms with E-state index in [2.05, 4.69) is 38.5 Å². The summed E-state index contributed by atoms with van der Waals surface area (Å²) in [5.74, 6) is 0.461. The summed E-state index contributed by atoms with van der Waals surface area (Å²) in [6, 6.07) is 23.8. The molecular weight excluding hydrogens is 490 g/mol. The average molecular weight is 516 g/mol. The molecule has 1 aliphatic rings. The summed E-state index contributed by atoms with van der Waals surface area (Å²) in [5, 5.41) is 10.9. The molecule has 1 saturated heterocycles. The standard InChI is InChI=1S/C28H25N3O5S/c1-34-23-13-12-20(17-29-31-28-30-27(33)25(37-28)16-26(32)35-2)15-22(23)18-36-24-11-7-6-10-21(24)14-19-8-4-3-5-9-19/h3-13,15-17H,14,18H2,1-2H3,(H,30,31,33)/b25-16+,29-17?. The van der Waals surface area contributed by atoms with E-state index >= 15 is 0 Å². The number of rotatable bonds is 9. The predicted molar refractivity (Wildman–Crippen MR) is 144 cm³/mol. The van der Waals surface area contributed by atoms with Gasteiger partial charge in [-0.1, -0.05) is 48.5 Å². The van der Waals surface area contributed by atoms with Gasteiger partial charge >= 0.3 is 5.97 Å². The molecule has 0 radical (unpaired) electrons. The van der Waals surface area contributed by atoms with Gasteiger partial charge in [-0.25, -0.2) is 4.79 Å². The smallest absolute Gasteiger partial charge is 0.331 e. The fourth-order valence-corrected chi connectivity index (χ4v) is 4.28. The first-order valence-corrected chi connectivity index (χ1v) is 12.2. The monoisotopic (exact) mass is 515 g/mol. The Balaban J connectivity index is 1.45. The summed E-state index contributed by atoms with van der Waals surface area (Å²) >= 11 is 1.01. The first-order chi connectivity index (χ1) is 18.1. The predicted octanol–water partition coefficient (Wildman–Crippen LogP) is 4.47. The Morgan fingerprint density at radius 1 is 0.973 bits per heavy atom. The normalized spacial score (nSPS) is 15.2. The highest BCUT2D eigenvalue weighted by Crippen LogP contribution is 2.26. The van der Waals surface area contributed by atoms with Gasteiger partial charge in [-0.15, -0.1) is 5.10 Å². The fraction of sp³-hybridized carbons (Fsp3) is 0.143. The van der Waals surface area contributed by atoms with Crippen molar-refractivity contribution in [1.29, 1.82) is 0 Å². The number of amides is 1. The zero-order valence-electron chi connectivity index (χ0n) is 20.3. The third kappa shape index (κ3) is 7.08. The van der Waals surface area contributed by atoms with Gasteiger partial charge in [0.05, 0.1) is 25.3 Å². The number of para-hydroxylation sites is 1. The molecule has 3 aromatic rings. The van der Waals surface area contributed by atoms with E-state index in [4.69, 9.17) is 9.47 Å². The minimum absolute atomic E-state index is 0.192. The van der Waals surface area contributed by atoms with Gasteiger partial charge < -0.3 is 14.2 Å². The van der Waals surface area contributed by atoms with Crippen molar-refractivity contribution in [2.75, 3.05) is 14.2 Å². The van der Waals surface area contributed by atoms with Gasteiger partial charge in [0, 0.05) is 18.1 Å². The van der Waals surface area contributed by atoms with Crippen molar-refractivity contribution in [1.82, 2.24) is 5.32 Å². The SMILES string of the molecule is COC(=O)/C=C1/S/C(=N\N=Cc2ccc(OC)c(COc3ccccc3Cc3ccccc3)c2)NC1=O. The molecule has 0 spiro atoms. The number of ether oxygens (including phenoxy) is 3. The topological polar surface area (TPSA) is 98.6 Å². The lowest BCUT2D eigenvalue weighted by molar-refractivity contribution is -0.135. The van der Waals surface area contributed by atoms with Crippen molar-refractivity contribution in [2.24, 2.45) is 10.2 Å². The number of carbonyl (C=O) groups is 2. The number of hydrogen-bond acceptors (Lipinski definition) is 8. The number of nitrogens with one attached hydrogen (secondary N) is 1. The van der Waals surface area contributed by atoms with Gasteiger partial charge in [0.1, 0.15) is 18.1 Å². The van der Waals surface area contributed by atoms with Gasteiger partial charge in [-0.2, -0.15) is 5.10 Å². The lowest BCUT2D eigenvalue weighted by Crippen LogP contribution is -2.19. The molecule has 1 N–H and O–H groups in total. The number of esters is 1. The van der Waals surface area contributed by atoms with Crippen LogP contribution in [-0.4, -0.2) is 37.5 Å². The molecule has 0 aromatic heterocycles. The molecule has 4 rings (SSSR count). The second kappa shape index (κ2) is 12.5. The first kappa shape index (κ1) is 25.7. The largest absolute Gasteiger partial charge is 0.496 e. The quantitative estimate of drug-likeness (QED) is 0.195. The van der Waals surface area contributed by atoms with Crippen LogP contribution in [0.2, 0.25) is 0 Å². The molecule has 1 aliphatic heterocycles. The van der Waals surface area contributed by atoms with Gasteiger partial charge in [0.25, 0.3) is 5.91 Å². The van der Waals surface area contributed by atoms with Crippen LogP contribution in [0.15, 0.2) is 94.0 Å². The van der Waals surface area contributed by atoms with Gasteiger partial charge in [-0.05, 0) is 52.7 Å². The molecular formula is C28H25N3O5S. The zero-order valence-corrected chi connectivity index (χ0v) is 21.2. The molecule has 0 unspecified atom stereocenters. The highest BCUT2D eigenvalue weighted by Gasteiger charge is 2.25. The minimum atomic E-state index is -0.613. The number of benzene rings is 3. The number of amidine groups is 1.